The van der Waals surface area contributed by atoms with Gasteiger partial charge in [0.1, 0.15) is 17.2 Å². The predicted octanol–water partition coefficient (Wildman–Crippen LogP) is 6.53. The van der Waals surface area contributed by atoms with Crippen molar-refractivity contribution in [3.8, 4) is 0 Å². The number of carboxylic acids is 1. The molecule has 0 bridgehead atoms. The van der Waals surface area contributed by atoms with Crippen LogP contribution in [0, 0.1) is 17.2 Å². The van der Waals surface area contributed by atoms with Gasteiger partial charge in [0.15, 0.2) is 0 Å². The number of carbonyl (C=O) groups excluding carboxylic acids is 2. The lowest BCUT2D eigenvalue weighted by atomic mass is 9.69. The summed E-state index contributed by atoms with van der Waals surface area (Å²) in [6.07, 6.45) is 5.94. The molecule has 0 aromatic heterocycles. The summed E-state index contributed by atoms with van der Waals surface area (Å²) in [5, 5.41) is 11.5. The number of nitrogens with zero attached hydrogens (tertiary/aromatic N) is 2. The number of aliphatic imine (C=N–C) groups is 1. The molecule has 220 valence electrons. The first-order valence-electron chi connectivity index (χ1n) is 14.7. The minimum Gasteiger partial charge on any atom is -0.481 e. The molecule has 2 aromatic carbocycles. The van der Waals surface area contributed by atoms with E-state index in [0.717, 1.165) is 50.5 Å². The van der Waals surface area contributed by atoms with Gasteiger partial charge in [-0.3, -0.25) is 19.4 Å². The molecule has 1 atom stereocenters. The summed E-state index contributed by atoms with van der Waals surface area (Å²) in [5.41, 5.74) is 1.87. The van der Waals surface area contributed by atoms with Crippen LogP contribution in [0.2, 0.25) is 0 Å². The summed E-state index contributed by atoms with van der Waals surface area (Å²) in [6, 6.07) is 13.0. The average molecular weight is 564 g/mol. The molecule has 4 rings (SSSR count). The zero-order valence-corrected chi connectivity index (χ0v) is 24.6. The Hall–Kier alpha value is -3.55. The van der Waals surface area contributed by atoms with Crippen LogP contribution >= 0.6 is 0 Å². The summed E-state index contributed by atoms with van der Waals surface area (Å²) >= 11 is 0. The third-order valence-electron chi connectivity index (χ3n) is 8.64. The lowest BCUT2D eigenvalue weighted by molar-refractivity contribution is -0.137. The summed E-state index contributed by atoms with van der Waals surface area (Å²) in [6.45, 7) is 8.98. The highest BCUT2D eigenvalue weighted by molar-refractivity contribution is 6.46. The Kier molecular flexibility index (Phi) is 9.30. The van der Waals surface area contributed by atoms with Crippen molar-refractivity contribution in [2.45, 2.75) is 90.8 Å². The Morgan fingerprint density at radius 1 is 1.10 bits per heavy atom. The number of aliphatic carboxylic acids is 1. The first-order valence-corrected chi connectivity index (χ1v) is 14.7. The second-order valence-corrected chi connectivity index (χ2v) is 12.4. The first-order chi connectivity index (χ1) is 19.4. The van der Waals surface area contributed by atoms with Crippen molar-refractivity contribution in [2.24, 2.45) is 16.3 Å². The van der Waals surface area contributed by atoms with Gasteiger partial charge in [0.05, 0.1) is 12.5 Å². The van der Waals surface area contributed by atoms with Crippen molar-refractivity contribution in [1.29, 1.82) is 0 Å². The van der Waals surface area contributed by atoms with Crippen LogP contribution in [-0.2, 0) is 9.59 Å². The van der Waals surface area contributed by atoms with E-state index in [-0.39, 0.29) is 42.1 Å². The number of benzene rings is 2. The number of carboxylic acid groups (broad SMARTS) is 1. The molecule has 1 heterocycles. The zero-order valence-electron chi connectivity index (χ0n) is 24.6. The monoisotopic (exact) mass is 563 g/mol. The molecular weight excluding hydrogens is 521 g/mol. The smallest absolute Gasteiger partial charge is 0.305 e. The molecule has 1 aliphatic carbocycles. The maximum absolute atomic E-state index is 14.3. The maximum Gasteiger partial charge on any atom is 0.305 e. The quantitative estimate of drug-likeness (QED) is 0.344. The first kappa shape index (κ1) is 30.4. The largest absolute Gasteiger partial charge is 0.481 e. The molecule has 0 saturated heterocycles. The summed E-state index contributed by atoms with van der Waals surface area (Å²) in [4.78, 5) is 44.8. The Morgan fingerprint density at radius 3 is 2.29 bits per heavy atom. The Bertz CT molecular complexity index is 1270. The normalized spacial score (nSPS) is 21.6. The van der Waals surface area contributed by atoms with Crippen molar-refractivity contribution in [3.63, 3.8) is 0 Å². The molecule has 1 fully saturated rings. The minimum atomic E-state index is -0.970. The Morgan fingerprint density at radius 2 is 1.73 bits per heavy atom. The predicted molar refractivity (Wildman–Crippen MR) is 157 cm³/mol. The second-order valence-electron chi connectivity index (χ2n) is 12.4. The van der Waals surface area contributed by atoms with Gasteiger partial charge in [-0.15, -0.1) is 0 Å². The number of carbonyl (C=O) groups is 3. The van der Waals surface area contributed by atoms with Gasteiger partial charge in [-0.05, 0) is 85.4 Å². The SMILES string of the molecule is CCCCC(c1ccc(C(=O)NCCC(=O)O)cc1)N1C(=O)C(c2ccc(F)cc2)=NC12CCC(C(C)(C)C)CC2. The van der Waals surface area contributed by atoms with E-state index in [2.05, 4.69) is 33.0 Å². The van der Waals surface area contributed by atoms with E-state index >= 15 is 0 Å². The fourth-order valence-electron chi connectivity index (χ4n) is 6.22. The van der Waals surface area contributed by atoms with Crippen LogP contribution in [-0.4, -0.2) is 45.7 Å². The zero-order chi connectivity index (χ0) is 29.8. The van der Waals surface area contributed by atoms with Crippen LogP contribution in [0.1, 0.15) is 107 Å². The summed E-state index contributed by atoms with van der Waals surface area (Å²) in [5.74, 6) is -1.27. The van der Waals surface area contributed by atoms with Gasteiger partial charge in [0.25, 0.3) is 11.8 Å². The van der Waals surface area contributed by atoms with Crippen LogP contribution in [0.3, 0.4) is 0 Å². The number of nitrogens with one attached hydrogen (secondary N) is 1. The summed E-state index contributed by atoms with van der Waals surface area (Å²) < 4.78 is 13.7. The molecule has 0 radical (unpaired) electrons. The fourth-order valence-corrected chi connectivity index (χ4v) is 6.22. The molecule has 1 aliphatic heterocycles. The number of rotatable bonds is 10. The van der Waals surface area contributed by atoms with E-state index in [4.69, 9.17) is 10.1 Å². The van der Waals surface area contributed by atoms with E-state index < -0.39 is 11.6 Å². The molecule has 1 spiro atoms. The molecule has 2 amide bonds. The van der Waals surface area contributed by atoms with Crippen LogP contribution in [0.15, 0.2) is 53.5 Å². The van der Waals surface area contributed by atoms with Crippen molar-refractivity contribution < 1.29 is 23.9 Å². The van der Waals surface area contributed by atoms with Gasteiger partial charge in [-0.25, -0.2) is 4.39 Å². The van der Waals surface area contributed by atoms with Gasteiger partial charge in [-0.1, -0.05) is 52.7 Å². The molecule has 8 heteroatoms. The van der Waals surface area contributed by atoms with E-state index in [1.54, 1.807) is 24.3 Å². The minimum absolute atomic E-state index is 0.0545. The molecule has 7 nitrogen and oxygen atoms in total. The molecule has 2 aliphatic rings. The fraction of sp³-hybridized carbons (Fsp3) is 0.515. The Balaban J connectivity index is 1.68. The topological polar surface area (TPSA) is 99.1 Å². The van der Waals surface area contributed by atoms with Crippen LogP contribution < -0.4 is 5.32 Å². The number of halogens is 1. The van der Waals surface area contributed by atoms with Gasteiger partial charge in [-0.2, -0.15) is 0 Å². The lowest BCUT2D eigenvalue weighted by Gasteiger charge is -2.47. The van der Waals surface area contributed by atoms with E-state index in [9.17, 15) is 18.8 Å². The molecule has 1 saturated carbocycles. The molecule has 2 N–H and O–H groups in total. The summed E-state index contributed by atoms with van der Waals surface area (Å²) in [7, 11) is 0. The molecule has 2 aromatic rings. The lowest BCUT2D eigenvalue weighted by Crippen LogP contribution is -2.51. The maximum atomic E-state index is 14.3. The van der Waals surface area contributed by atoms with Crippen molar-refractivity contribution >= 4 is 23.5 Å². The van der Waals surface area contributed by atoms with Crippen molar-refractivity contribution in [1.82, 2.24) is 10.2 Å². The third-order valence-corrected chi connectivity index (χ3v) is 8.64. The third kappa shape index (κ3) is 6.85. The highest BCUT2D eigenvalue weighted by Gasteiger charge is 2.52. The van der Waals surface area contributed by atoms with Gasteiger partial charge in [0, 0.05) is 17.7 Å². The molecule has 41 heavy (non-hydrogen) atoms. The van der Waals surface area contributed by atoms with Crippen LogP contribution in [0.5, 0.6) is 0 Å². The standard InChI is InChI=1S/C33H42FN3O4/c1-5-6-7-27(22-8-10-24(11-9-22)30(40)35-21-18-28(38)39)37-31(41)29(23-12-14-26(34)15-13-23)36-33(37)19-16-25(17-20-33)32(2,3)4/h8-15,25,27H,5-7,16-21H2,1-4H3,(H,35,40)(H,38,39). The van der Waals surface area contributed by atoms with Crippen molar-refractivity contribution in [2.75, 3.05) is 6.54 Å². The van der Waals surface area contributed by atoms with Gasteiger partial charge >= 0.3 is 5.97 Å². The number of amides is 2. The van der Waals surface area contributed by atoms with Gasteiger partial charge in [0.2, 0.25) is 0 Å². The van der Waals surface area contributed by atoms with E-state index in [1.807, 2.05) is 17.0 Å². The van der Waals surface area contributed by atoms with Gasteiger partial charge < -0.3 is 15.3 Å². The highest BCUT2D eigenvalue weighted by Crippen LogP contribution is 2.50. The molecule has 1 unspecified atom stereocenters. The average Bonchev–Trinajstić information content (AvgIpc) is 3.20. The molecular formula is C33H42FN3O4. The van der Waals surface area contributed by atoms with Crippen LogP contribution in [0.4, 0.5) is 4.39 Å². The second kappa shape index (κ2) is 12.5. The van der Waals surface area contributed by atoms with E-state index in [1.165, 1.54) is 12.1 Å². The number of hydrogen-bond donors (Lipinski definition) is 2. The van der Waals surface area contributed by atoms with Crippen molar-refractivity contribution in [3.05, 3.63) is 71.0 Å². The number of unbranched alkanes of at least 4 members (excludes halogenated alkanes) is 1. The highest BCUT2D eigenvalue weighted by atomic mass is 19.1. The number of hydrogen-bond acceptors (Lipinski definition) is 4. The van der Waals surface area contributed by atoms with Crippen LogP contribution in [0.25, 0.3) is 0 Å². The van der Waals surface area contributed by atoms with E-state index in [0.29, 0.717) is 22.8 Å². The Labute approximate surface area is 242 Å².